The number of carbonyl (C=O) groups is 1. The molecule has 0 saturated heterocycles. The number of aliphatic carboxylic acids is 1. The molecular formula is C7H9NO2. The second kappa shape index (κ2) is 2.56. The molecule has 3 nitrogen and oxygen atoms in total. The maximum Gasteiger partial charge on any atom is 0.310 e. The zero-order valence-corrected chi connectivity index (χ0v) is 5.45. The van der Waals surface area contributed by atoms with Gasteiger partial charge in [0.25, 0.3) is 0 Å². The number of allylic oxidation sites excluding steroid dienone is 3. The van der Waals surface area contributed by atoms with Crippen LogP contribution >= 0.6 is 0 Å². The van der Waals surface area contributed by atoms with E-state index in [1.54, 1.807) is 18.2 Å². The van der Waals surface area contributed by atoms with E-state index in [1.165, 1.54) is 0 Å². The van der Waals surface area contributed by atoms with Crippen molar-refractivity contribution in [1.29, 1.82) is 0 Å². The Morgan fingerprint density at radius 3 is 2.90 bits per heavy atom. The van der Waals surface area contributed by atoms with Crippen molar-refractivity contribution in [2.75, 3.05) is 0 Å². The third-order valence-corrected chi connectivity index (χ3v) is 1.43. The van der Waals surface area contributed by atoms with Crippen molar-refractivity contribution in [1.82, 2.24) is 0 Å². The monoisotopic (exact) mass is 139 g/mol. The topological polar surface area (TPSA) is 63.3 Å². The molecule has 54 valence electrons. The molecule has 1 aliphatic carbocycles. The molecule has 3 N–H and O–H groups in total. The normalized spacial score (nSPS) is 24.0. The van der Waals surface area contributed by atoms with Gasteiger partial charge in [-0.1, -0.05) is 12.2 Å². The number of carboxylic acid groups (broad SMARTS) is 1. The van der Waals surface area contributed by atoms with E-state index >= 15 is 0 Å². The van der Waals surface area contributed by atoms with E-state index in [1.807, 2.05) is 0 Å². The number of rotatable bonds is 1. The molecule has 1 unspecified atom stereocenters. The molecule has 0 amide bonds. The average molecular weight is 139 g/mol. The van der Waals surface area contributed by atoms with Gasteiger partial charge in [-0.05, 0) is 6.08 Å². The van der Waals surface area contributed by atoms with Gasteiger partial charge in [-0.25, -0.2) is 0 Å². The summed E-state index contributed by atoms with van der Waals surface area (Å²) in [6.07, 6.45) is 5.47. The van der Waals surface area contributed by atoms with Gasteiger partial charge in [0.1, 0.15) is 0 Å². The van der Waals surface area contributed by atoms with Gasteiger partial charge in [0.2, 0.25) is 0 Å². The Balaban J connectivity index is 2.64. The van der Waals surface area contributed by atoms with E-state index in [2.05, 4.69) is 0 Å². The summed E-state index contributed by atoms with van der Waals surface area (Å²) in [7, 11) is 0. The molecule has 10 heavy (non-hydrogen) atoms. The minimum atomic E-state index is -0.813. The second-order valence-electron chi connectivity index (χ2n) is 2.28. The molecule has 1 atom stereocenters. The van der Waals surface area contributed by atoms with E-state index < -0.39 is 11.9 Å². The van der Waals surface area contributed by atoms with Crippen LogP contribution in [0, 0.1) is 5.92 Å². The summed E-state index contributed by atoms with van der Waals surface area (Å²) < 4.78 is 0. The Bertz CT molecular complexity index is 206. The fourth-order valence-corrected chi connectivity index (χ4v) is 0.873. The third-order valence-electron chi connectivity index (χ3n) is 1.43. The summed E-state index contributed by atoms with van der Waals surface area (Å²) in [5.74, 6) is -1.24. The van der Waals surface area contributed by atoms with Crippen molar-refractivity contribution >= 4 is 5.97 Å². The molecule has 0 heterocycles. The van der Waals surface area contributed by atoms with Gasteiger partial charge in [0.15, 0.2) is 0 Å². The summed E-state index contributed by atoms with van der Waals surface area (Å²) in [6.45, 7) is 0. The van der Waals surface area contributed by atoms with Crippen molar-refractivity contribution in [2.45, 2.75) is 6.42 Å². The van der Waals surface area contributed by atoms with E-state index in [9.17, 15) is 4.79 Å². The van der Waals surface area contributed by atoms with Gasteiger partial charge in [-0.15, -0.1) is 0 Å². The maximum absolute atomic E-state index is 10.4. The van der Waals surface area contributed by atoms with Gasteiger partial charge in [-0.2, -0.15) is 0 Å². The van der Waals surface area contributed by atoms with Crippen molar-refractivity contribution in [2.24, 2.45) is 11.7 Å². The Hall–Kier alpha value is -1.25. The van der Waals surface area contributed by atoms with Crippen LogP contribution in [0.2, 0.25) is 0 Å². The quantitative estimate of drug-likeness (QED) is 0.555. The highest BCUT2D eigenvalue weighted by Crippen LogP contribution is 2.14. The standard InChI is InChI=1S/C7H9NO2/c8-6-3-1-2-5(4-6)7(9)10/h1-3,5H,4,8H2,(H,9,10). The van der Waals surface area contributed by atoms with Crippen molar-refractivity contribution in [3.63, 3.8) is 0 Å². The lowest BCUT2D eigenvalue weighted by Gasteiger charge is -2.10. The predicted octanol–water partition coefficient (Wildman–Crippen LogP) is 0.490. The van der Waals surface area contributed by atoms with E-state index in [4.69, 9.17) is 10.8 Å². The molecule has 1 rings (SSSR count). The summed E-state index contributed by atoms with van der Waals surface area (Å²) >= 11 is 0. The van der Waals surface area contributed by atoms with Gasteiger partial charge in [-0.3, -0.25) is 4.79 Å². The van der Waals surface area contributed by atoms with Gasteiger partial charge >= 0.3 is 5.97 Å². The van der Waals surface area contributed by atoms with E-state index in [0.717, 1.165) is 0 Å². The fourth-order valence-electron chi connectivity index (χ4n) is 0.873. The first kappa shape index (κ1) is 6.86. The molecule has 3 heteroatoms. The van der Waals surface area contributed by atoms with Crippen molar-refractivity contribution in [3.8, 4) is 0 Å². The van der Waals surface area contributed by atoms with Crippen LogP contribution in [-0.2, 0) is 4.79 Å². The van der Waals surface area contributed by atoms with Gasteiger partial charge in [0, 0.05) is 12.1 Å². The van der Waals surface area contributed by atoms with Crippen LogP contribution in [-0.4, -0.2) is 11.1 Å². The smallest absolute Gasteiger partial charge is 0.310 e. The Morgan fingerprint density at radius 1 is 1.80 bits per heavy atom. The molecule has 0 aromatic carbocycles. The Kier molecular flexibility index (Phi) is 1.76. The number of carboxylic acids is 1. The zero-order valence-electron chi connectivity index (χ0n) is 5.45. The van der Waals surface area contributed by atoms with Crippen LogP contribution in [0.3, 0.4) is 0 Å². The lowest BCUT2D eigenvalue weighted by atomic mass is 9.99. The van der Waals surface area contributed by atoms with Gasteiger partial charge < -0.3 is 10.8 Å². The number of hydrogen-bond acceptors (Lipinski definition) is 2. The minimum absolute atomic E-state index is 0.426. The van der Waals surface area contributed by atoms with E-state index in [0.29, 0.717) is 12.1 Å². The van der Waals surface area contributed by atoms with Crippen molar-refractivity contribution in [3.05, 3.63) is 23.9 Å². The highest BCUT2D eigenvalue weighted by molar-refractivity contribution is 5.73. The fraction of sp³-hybridized carbons (Fsp3) is 0.286. The zero-order chi connectivity index (χ0) is 7.56. The first-order valence-electron chi connectivity index (χ1n) is 3.06. The molecule has 0 spiro atoms. The highest BCUT2D eigenvalue weighted by atomic mass is 16.4. The van der Waals surface area contributed by atoms with Crippen LogP contribution < -0.4 is 5.73 Å². The summed E-state index contributed by atoms with van der Waals surface area (Å²) in [5, 5.41) is 8.52. The SMILES string of the molecule is NC1=CC=CC(C(=O)O)C1. The third kappa shape index (κ3) is 1.37. The summed E-state index contributed by atoms with van der Waals surface area (Å²) in [6, 6.07) is 0. The van der Waals surface area contributed by atoms with Gasteiger partial charge in [0.05, 0.1) is 5.92 Å². The number of nitrogens with two attached hydrogens (primary N) is 1. The minimum Gasteiger partial charge on any atom is -0.481 e. The average Bonchev–Trinajstić information content (AvgIpc) is 1.88. The van der Waals surface area contributed by atoms with E-state index in [-0.39, 0.29) is 0 Å². The highest BCUT2D eigenvalue weighted by Gasteiger charge is 2.15. The largest absolute Gasteiger partial charge is 0.481 e. The Morgan fingerprint density at radius 2 is 2.50 bits per heavy atom. The summed E-state index contributed by atoms with van der Waals surface area (Å²) in [4.78, 5) is 10.4. The lowest BCUT2D eigenvalue weighted by molar-refractivity contribution is -0.140. The molecule has 0 aliphatic heterocycles. The van der Waals surface area contributed by atoms with Crippen LogP contribution in [0.5, 0.6) is 0 Å². The van der Waals surface area contributed by atoms with Crippen LogP contribution in [0.25, 0.3) is 0 Å². The molecule has 0 fully saturated rings. The number of hydrogen-bond donors (Lipinski definition) is 2. The van der Waals surface area contributed by atoms with Crippen LogP contribution in [0.15, 0.2) is 23.9 Å². The Labute approximate surface area is 58.8 Å². The molecule has 1 aliphatic rings. The van der Waals surface area contributed by atoms with Crippen molar-refractivity contribution < 1.29 is 9.90 Å². The molecule has 0 aromatic rings. The second-order valence-corrected chi connectivity index (χ2v) is 2.28. The molecule has 0 aromatic heterocycles. The predicted molar refractivity (Wildman–Crippen MR) is 37.2 cm³/mol. The van der Waals surface area contributed by atoms with Crippen LogP contribution in [0.1, 0.15) is 6.42 Å². The lowest BCUT2D eigenvalue weighted by Crippen LogP contribution is -2.16. The molecule has 0 bridgehead atoms. The first-order valence-corrected chi connectivity index (χ1v) is 3.06. The molecule has 0 radical (unpaired) electrons. The van der Waals surface area contributed by atoms with Crippen LogP contribution in [0.4, 0.5) is 0 Å². The molecule has 0 saturated carbocycles. The maximum atomic E-state index is 10.4. The summed E-state index contributed by atoms with van der Waals surface area (Å²) in [5.41, 5.74) is 6.04. The first-order chi connectivity index (χ1) is 4.70. The molecular weight excluding hydrogens is 130 g/mol.